The largest absolute Gasteiger partial charge is 0.463 e. The Kier molecular flexibility index (Phi) is 12.9. The van der Waals surface area contributed by atoms with Gasteiger partial charge in [-0.05, 0) is 39.0 Å². The van der Waals surface area contributed by atoms with Crippen LogP contribution in [0.3, 0.4) is 0 Å². The van der Waals surface area contributed by atoms with E-state index in [0.717, 1.165) is 38.5 Å². The van der Waals surface area contributed by atoms with Crippen LogP contribution in [0.1, 0.15) is 58.8 Å². The van der Waals surface area contributed by atoms with Gasteiger partial charge in [0.2, 0.25) is 0 Å². The molecular formula is C20H37NO7. The highest BCUT2D eigenvalue weighted by atomic mass is 16.6. The average molecular weight is 404 g/mol. The summed E-state index contributed by atoms with van der Waals surface area (Å²) < 4.78 is 20.8. The second kappa shape index (κ2) is 14.6. The third-order valence-corrected chi connectivity index (χ3v) is 4.64. The molecule has 1 aliphatic carbocycles. The number of rotatable bonds is 14. The molecule has 0 aromatic carbocycles. The molecule has 0 aromatic heterocycles. The first-order valence-corrected chi connectivity index (χ1v) is 10.4. The fourth-order valence-corrected chi connectivity index (χ4v) is 3.12. The van der Waals surface area contributed by atoms with Crippen LogP contribution in [0, 0.1) is 5.92 Å². The summed E-state index contributed by atoms with van der Waals surface area (Å²) in [4.78, 5) is 23.3. The number of esters is 1. The summed E-state index contributed by atoms with van der Waals surface area (Å²) in [5.41, 5.74) is -0.769. The maximum atomic E-state index is 12.0. The smallest absolute Gasteiger partial charge is 0.407 e. The van der Waals surface area contributed by atoms with Crippen LogP contribution in [0.5, 0.6) is 0 Å². The summed E-state index contributed by atoms with van der Waals surface area (Å²) in [5.74, 6) is -0.485. The SMILES string of the molecule is CCCCCNC(=O)OCCOCCOCCOC(=O)C1CCCC(C)(O)C1. The van der Waals surface area contributed by atoms with Crippen LogP contribution >= 0.6 is 0 Å². The number of ether oxygens (including phenoxy) is 4. The molecule has 2 N–H and O–H groups in total. The zero-order chi connectivity index (χ0) is 20.7. The van der Waals surface area contributed by atoms with Gasteiger partial charge in [-0.15, -0.1) is 0 Å². The van der Waals surface area contributed by atoms with Gasteiger partial charge in [0.25, 0.3) is 0 Å². The lowest BCUT2D eigenvalue weighted by atomic mass is 9.79. The molecule has 0 aromatic rings. The number of carbonyl (C=O) groups excluding carboxylic acids is 2. The van der Waals surface area contributed by atoms with E-state index >= 15 is 0 Å². The minimum Gasteiger partial charge on any atom is -0.463 e. The molecular weight excluding hydrogens is 366 g/mol. The number of nitrogens with one attached hydrogen (secondary N) is 1. The zero-order valence-corrected chi connectivity index (χ0v) is 17.4. The maximum absolute atomic E-state index is 12.0. The molecule has 1 fully saturated rings. The Morgan fingerprint density at radius 3 is 2.32 bits per heavy atom. The van der Waals surface area contributed by atoms with Gasteiger partial charge in [0.1, 0.15) is 13.2 Å². The Morgan fingerprint density at radius 1 is 1.04 bits per heavy atom. The number of alkyl carbamates (subject to hydrolysis) is 1. The summed E-state index contributed by atoms with van der Waals surface area (Å²) in [6.07, 6.45) is 5.53. The third kappa shape index (κ3) is 12.2. The van der Waals surface area contributed by atoms with Crippen molar-refractivity contribution in [3.8, 4) is 0 Å². The maximum Gasteiger partial charge on any atom is 0.407 e. The van der Waals surface area contributed by atoms with Gasteiger partial charge in [0, 0.05) is 6.54 Å². The Balaban J connectivity index is 1.87. The van der Waals surface area contributed by atoms with E-state index in [1.54, 1.807) is 6.92 Å². The molecule has 1 amide bonds. The zero-order valence-electron chi connectivity index (χ0n) is 17.4. The highest BCUT2D eigenvalue weighted by Gasteiger charge is 2.34. The minimum absolute atomic E-state index is 0.193. The monoisotopic (exact) mass is 403 g/mol. The van der Waals surface area contributed by atoms with E-state index in [4.69, 9.17) is 18.9 Å². The van der Waals surface area contributed by atoms with Gasteiger partial charge in [0.05, 0.1) is 37.9 Å². The molecule has 0 spiro atoms. The molecule has 28 heavy (non-hydrogen) atoms. The number of hydrogen-bond donors (Lipinski definition) is 2. The first-order valence-electron chi connectivity index (χ1n) is 10.4. The quantitative estimate of drug-likeness (QED) is 0.339. The number of amides is 1. The van der Waals surface area contributed by atoms with Crippen molar-refractivity contribution < 1.29 is 33.6 Å². The highest BCUT2D eigenvalue weighted by molar-refractivity contribution is 5.72. The molecule has 2 unspecified atom stereocenters. The van der Waals surface area contributed by atoms with Gasteiger partial charge >= 0.3 is 12.1 Å². The molecule has 164 valence electrons. The van der Waals surface area contributed by atoms with Gasteiger partial charge in [-0.3, -0.25) is 4.79 Å². The van der Waals surface area contributed by atoms with Crippen molar-refractivity contribution in [2.45, 2.75) is 64.4 Å². The molecule has 0 saturated heterocycles. The number of unbranched alkanes of at least 4 members (excludes halogenated alkanes) is 2. The third-order valence-electron chi connectivity index (χ3n) is 4.64. The normalized spacial score (nSPS) is 21.9. The molecule has 1 saturated carbocycles. The van der Waals surface area contributed by atoms with E-state index in [1.807, 2.05) is 0 Å². The number of aliphatic hydroxyl groups is 1. The number of hydrogen-bond acceptors (Lipinski definition) is 7. The van der Waals surface area contributed by atoms with E-state index in [2.05, 4.69) is 12.2 Å². The van der Waals surface area contributed by atoms with Crippen molar-refractivity contribution in [3.05, 3.63) is 0 Å². The molecule has 8 nitrogen and oxygen atoms in total. The molecule has 0 aliphatic heterocycles. The first kappa shape index (κ1) is 24.7. The van der Waals surface area contributed by atoms with Crippen LogP contribution in [0.4, 0.5) is 4.79 Å². The van der Waals surface area contributed by atoms with E-state index in [9.17, 15) is 14.7 Å². The molecule has 2 atom stereocenters. The van der Waals surface area contributed by atoms with Crippen LogP contribution in [0.15, 0.2) is 0 Å². The Bertz CT molecular complexity index is 442. The van der Waals surface area contributed by atoms with Crippen molar-refractivity contribution in [3.63, 3.8) is 0 Å². The minimum atomic E-state index is -0.769. The van der Waals surface area contributed by atoms with Gasteiger partial charge in [-0.25, -0.2) is 4.79 Å². The van der Waals surface area contributed by atoms with Crippen LogP contribution in [-0.2, 0) is 23.7 Å². The van der Waals surface area contributed by atoms with Gasteiger partial charge in [-0.1, -0.05) is 19.8 Å². The van der Waals surface area contributed by atoms with E-state index in [-0.39, 0.29) is 25.1 Å². The Hall–Kier alpha value is -1.38. The summed E-state index contributed by atoms with van der Waals surface area (Å²) in [6, 6.07) is 0. The second-order valence-corrected chi connectivity index (χ2v) is 7.45. The summed E-state index contributed by atoms with van der Waals surface area (Å²) in [5, 5.41) is 12.7. The Morgan fingerprint density at radius 2 is 1.68 bits per heavy atom. The standard InChI is InChI=1S/C20H37NO7/c1-3-4-5-9-21-19(23)28-15-13-26-11-10-25-12-14-27-18(22)17-7-6-8-20(2,24)16-17/h17,24H,3-16H2,1-2H3,(H,21,23). The van der Waals surface area contributed by atoms with Crippen molar-refractivity contribution in [2.75, 3.05) is 46.2 Å². The average Bonchev–Trinajstić information content (AvgIpc) is 2.65. The lowest BCUT2D eigenvalue weighted by Gasteiger charge is -2.32. The van der Waals surface area contributed by atoms with Crippen LogP contribution in [0.2, 0.25) is 0 Å². The van der Waals surface area contributed by atoms with Crippen LogP contribution < -0.4 is 5.32 Å². The topological polar surface area (TPSA) is 103 Å². The summed E-state index contributed by atoms with van der Waals surface area (Å²) >= 11 is 0. The number of carbonyl (C=O) groups is 2. The molecule has 0 radical (unpaired) electrons. The second-order valence-electron chi connectivity index (χ2n) is 7.45. The van der Waals surface area contributed by atoms with Crippen molar-refractivity contribution >= 4 is 12.1 Å². The van der Waals surface area contributed by atoms with E-state index < -0.39 is 11.7 Å². The van der Waals surface area contributed by atoms with Gasteiger partial charge < -0.3 is 29.4 Å². The van der Waals surface area contributed by atoms with Crippen LogP contribution in [0.25, 0.3) is 0 Å². The molecule has 1 rings (SSSR count). The summed E-state index contributed by atoms with van der Waals surface area (Å²) in [6.45, 7) is 6.25. The summed E-state index contributed by atoms with van der Waals surface area (Å²) in [7, 11) is 0. The van der Waals surface area contributed by atoms with E-state index in [1.165, 1.54) is 0 Å². The molecule has 8 heteroatoms. The molecule has 0 heterocycles. The van der Waals surface area contributed by atoms with Crippen molar-refractivity contribution in [1.29, 1.82) is 0 Å². The van der Waals surface area contributed by atoms with Crippen molar-refractivity contribution in [2.24, 2.45) is 5.92 Å². The lowest BCUT2D eigenvalue weighted by molar-refractivity contribution is -0.154. The van der Waals surface area contributed by atoms with Crippen LogP contribution in [-0.4, -0.2) is 69.0 Å². The Labute approximate surface area is 168 Å². The lowest BCUT2D eigenvalue weighted by Crippen LogP contribution is -2.36. The highest BCUT2D eigenvalue weighted by Crippen LogP contribution is 2.32. The fraction of sp³-hybridized carbons (Fsp3) is 0.900. The first-order chi connectivity index (χ1) is 13.4. The van der Waals surface area contributed by atoms with E-state index in [0.29, 0.717) is 39.4 Å². The van der Waals surface area contributed by atoms with Gasteiger partial charge in [0.15, 0.2) is 0 Å². The molecule has 0 bridgehead atoms. The predicted octanol–water partition coefficient (Wildman–Crippen LogP) is 2.42. The fourth-order valence-electron chi connectivity index (χ4n) is 3.12. The van der Waals surface area contributed by atoms with Crippen molar-refractivity contribution in [1.82, 2.24) is 5.32 Å². The molecule has 1 aliphatic rings. The van der Waals surface area contributed by atoms with Gasteiger partial charge in [-0.2, -0.15) is 0 Å². The predicted molar refractivity (Wildman–Crippen MR) is 104 cm³/mol.